The van der Waals surface area contributed by atoms with Crippen LogP contribution >= 0.6 is 0 Å². The standard InChI is InChI=1S/C20H22O2/c1-3-19-17(12-15-8-7-11-18(13-15)21-2)14-22-20(19)16-9-5-4-6-10-16/h3-11,13,17,19-20H,1,12,14H2,2H3/t17-,19+,20-/m0/s1. The summed E-state index contributed by atoms with van der Waals surface area (Å²) in [6.45, 7) is 4.81. The fourth-order valence-electron chi connectivity index (χ4n) is 3.27. The van der Waals surface area contributed by atoms with Gasteiger partial charge in [-0.3, -0.25) is 0 Å². The highest BCUT2D eigenvalue weighted by Crippen LogP contribution is 2.40. The molecule has 22 heavy (non-hydrogen) atoms. The van der Waals surface area contributed by atoms with Crippen LogP contribution in [0.1, 0.15) is 17.2 Å². The minimum Gasteiger partial charge on any atom is -0.497 e. The van der Waals surface area contributed by atoms with Crippen molar-refractivity contribution in [2.75, 3.05) is 13.7 Å². The Morgan fingerprint density at radius 3 is 2.73 bits per heavy atom. The van der Waals surface area contributed by atoms with Crippen molar-refractivity contribution >= 4 is 0 Å². The highest BCUT2D eigenvalue weighted by atomic mass is 16.5. The molecule has 1 aliphatic rings. The Morgan fingerprint density at radius 1 is 1.18 bits per heavy atom. The topological polar surface area (TPSA) is 18.5 Å². The van der Waals surface area contributed by atoms with E-state index in [1.807, 2.05) is 18.2 Å². The molecule has 1 saturated heterocycles. The average Bonchev–Trinajstić information content (AvgIpc) is 2.98. The molecule has 0 aromatic heterocycles. The maximum atomic E-state index is 6.08. The van der Waals surface area contributed by atoms with Gasteiger partial charge in [0.1, 0.15) is 5.75 Å². The van der Waals surface area contributed by atoms with Crippen molar-refractivity contribution in [1.29, 1.82) is 0 Å². The van der Waals surface area contributed by atoms with Gasteiger partial charge in [-0.25, -0.2) is 0 Å². The summed E-state index contributed by atoms with van der Waals surface area (Å²) in [5, 5.41) is 0. The number of hydrogen-bond donors (Lipinski definition) is 0. The summed E-state index contributed by atoms with van der Waals surface area (Å²) in [4.78, 5) is 0. The Bertz CT molecular complexity index is 621. The first-order valence-electron chi connectivity index (χ1n) is 7.74. The van der Waals surface area contributed by atoms with Crippen LogP contribution in [0.4, 0.5) is 0 Å². The molecule has 0 bridgehead atoms. The van der Waals surface area contributed by atoms with Crippen molar-refractivity contribution in [2.45, 2.75) is 12.5 Å². The zero-order valence-corrected chi connectivity index (χ0v) is 12.9. The summed E-state index contributed by atoms with van der Waals surface area (Å²) in [5.74, 6) is 1.70. The van der Waals surface area contributed by atoms with E-state index >= 15 is 0 Å². The molecular weight excluding hydrogens is 272 g/mol. The van der Waals surface area contributed by atoms with Crippen LogP contribution < -0.4 is 4.74 Å². The number of methoxy groups -OCH3 is 1. The van der Waals surface area contributed by atoms with Crippen LogP contribution in [0, 0.1) is 11.8 Å². The Morgan fingerprint density at radius 2 is 2.00 bits per heavy atom. The summed E-state index contributed by atoms with van der Waals surface area (Å²) in [6, 6.07) is 18.7. The fourth-order valence-corrected chi connectivity index (χ4v) is 3.27. The van der Waals surface area contributed by atoms with Crippen molar-refractivity contribution in [3.05, 3.63) is 78.4 Å². The zero-order valence-electron chi connectivity index (χ0n) is 12.9. The van der Waals surface area contributed by atoms with E-state index < -0.39 is 0 Å². The van der Waals surface area contributed by atoms with Gasteiger partial charge in [0.25, 0.3) is 0 Å². The third kappa shape index (κ3) is 3.07. The summed E-state index contributed by atoms with van der Waals surface area (Å²) in [5.41, 5.74) is 2.52. The van der Waals surface area contributed by atoms with Gasteiger partial charge >= 0.3 is 0 Å². The Kier molecular flexibility index (Phi) is 4.59. The predicted molar refractivity (Wildman–Crippen MR) is 89.0 cm³/mol. The molecule has 0 unspecified atom stereocenters. The lowest BCUT2D eigenvalue weighted by Crippen LogP contribution is -2.15. The van der Waals surface area contributed by atoms with E-state index in [2.05, 4.69) is 49.1 Å². The molecule has 2 heteroatoms. The van der Waals surface area contributed by atoms with Crippen LogP contribution in [0.3, 0.4) is 0 Å². The first kappa shape index (κ1) is 14.9. The number of rotatable bonds is 5. The molecule has 0 N–H and O–H groups in total. The predicted octanol–water partition coefficient (Wildman–Crippen LogP) is 4.43. The molecule has 2 aromatic rings. The molecule has 114 valence electrons. The molecule has 0 spiro atoms. The van der Waals surface area contributed by atoms with Gasteiger partial charge in [-0.05, 0) is 35.6 Å². The van der Waals surface area contributed by atoms with Crippen molar-refractivity contribution in [2.24, 2.45) is 11.8 Å². The average molecular weight is 294 g/mol. The van der Waals surface area contributed by atoms with E-state index in [-0.39, 0.29) is 6.10 Å². The van der Waals surface area contributed by atoms with E-state index in [1.165, 1.54) is 11.1 Å². The van der Waals surface area contributed by atoms with Gasteiger partial charge in [0, 0.05) is 5.92 Å². The van der Waals surface area contributed by atoms with Gasteiger partial charge in [-0.15, -0.1) is 6.58 Å². The van der Waals surface area contributed by atoms with Crippen molar-refractivity contribution in [3.63, 3.8) is 0 Å². The lowest BCUT2D eigenvalue weighted by molar-refractivity contribution is 0.0977. The van der Waals surface area contributed by atoms with Crippen LogP contribution in [0.25, 0.3) is 0 Å². The minimum atomic E-state index is 0.120. The monoisotopic (exact) mass is 294 g/mol. The summed E-state index contributed by atoms with van der Waals surface area (Å²) < 4.78 is 11.4. The van der Waals surface area contributed by atoms with Gasteiger partial charge in [0.2, 0.25) is 0 Å². The summed E-state index contributed by atoms with van der Waals surface area (Å²) in [7, 11) is 1.70. The third-order valence-electron chi connectivity index (χ3n) is 4.42. The Hall–Kier alpha value is -2.06. The SMILES string of the molecule is C=C[C@@H]1[C@@H](Cc2cccc(OC)c2)CO[C@H]1c1ccccc1. The van der Waals surface area contributed by atoms with Gasteiger partial charge in [-0.2, -0.15) is 0 Å². The highest BCUT2D eigenvalue weighted by Gasteiger charge is 2.35. The first-order valence-corrected chi connectivity index (χ1v) is 7.74. The molecule has 2 aromatic carbocycles. The van der Waals surface area contributed by atoms with E-state index in [0.717, 1.165) is 18.8 Å². The molecule has 0 aliphatic carbocycles. The molecular formula is C20H22O2. The third-order valence-corrected chi connectivity index (χ3v) is 4.42. The van der Waals surface area contributed by atoms with E-state index in [1.54, 1.807) is 7.11 Å². The second kappa shape index (κ2) is 6.80. The Balaban J connectivity index is 1.76. The maximum Gasteiger partial charge on any atom is 0.119 e. The van der Waals surface area contributed by atoms with Crippen LogP contribution in [0.5, 0.6) is 5.75 Å². The molecule has 0 amide bonds. The van der Waals surface area contributed by atoms with Gasteiger partial charge in [0.15, 0.2) is 0 Å². The van der Waals surface area contributed by atoms with Crippen molar-refractivity contribution in [3.8, 4) is 5.75 Å². The van der Waals surface area contributed by atoms with Crippen LogP contribution in [0.2, 0.25) is 0 Å². The molecule has 1 aliphatic heterocycles. The molecule has 3 atom stereocenters. The molecule has 1 heterocycles. The quantitative estimate of drug-likeness (QED) is 0.760. The Labute approximate surface area is 132 Å². The number of ether oxygens (including phenoxy) is 2. The van der Waals surface area contributed by atoms with Gasteiger partial charge in [-0.1, -0.05) is 48.5 Å². The maximum absolute atomic E-state index is 6.08. The number of hydrogen-bond acceptors (Lipinski definition) is 2. The minimum absolute atomic E-state index is 0.120. The first-order chi connectivity index (χ1) is 10.8. The van der Waals surface area contributed by atoms with Crippen LogP contribution in [-0.4, -0.2) is 13.7 Å². The zero-order chi connectivity index (χ0) is 15.4. The normalized spacial score (nSPS) is 24.1. The number of benzene rings is 2. The van der Waals surface area contributed by atoms with Gasteiger partial charge in [0.05, 0.1) is 19.8 Å². The fraction of sp³-hybridized carbons (Fsp3) is 0.300. The van der Waals surface area contributed by atoms with Gasteiger partial charge < -0.3 is 9.47 Å². The smallest absolute Gasteiger partial charge is 0.119 e. The summed E-state index contributed by atoms with van der Waals surface area (Å²) in [6.07, 6.45) is 3.15. The summed E-state index contributed by atoms with van der Waals surface area (Å²) >= 11 is 0. The molecule has 0 saturated carbocycles. The molecule has 0 radical (unpaired) electrons. The highest BCUT2D eigenvalue weighted by molar-refractivity contribution is 5.29. The van der Waals surface area contributed by atoms with Crippen molar-refractivity contribution in [1.82, 2.24) is 0 Å². The van der Waals surface area contributed by atoms with Crippen molar-refractivity contribution < 1.29 is 9.47 Å². The molecule has 2 nitrogen and oxygen atoms in total. The van der Waals surface area contributed by atoms with Crippen LogP contribution in [-0.2, 0) is 11.2 Å². The van der Waals surface area contributed by atoms with Crippen LogP contribution in [0.15, 0.2) is 67.3 Å². The van der Waals surface area contributed by atoms with E-state index in [0.29, 0.717) is 11.8 Å². The molecule has 3 rings (SSSR count). The second-order valence-corrected chi connectivity index (χ2v) is 5.79. The largest absolute Gasteiger partial charge is 0.497 e. The molecule has 1 fully saturated rings. The second-order valence-electron chi connectivity index (χ2n) is 5.79. The lowest BCUT2D eigenvalue weighted by Gasteiger charge is -2.20. The van der Waals surface area contributed by atoms with E-state index in [4.69, 9.17) is 9.47 Å². The van der Waals surface area contributed by atoms with E-state index in [9.17, 15) is 0 Å². The lowest BCUT2D eigenvalue weighted by atomic mass is 9.84.